The third kappa shape index (κ3) is 7.34. The van der Waals surface area contributed by atoms with Crippen LogP contribution >= 0.6 is 0 Å². The molecule has 0 saturated carbocycles. The molecule has 0 spiro atoms. The molecule has 222 valence electrons. The molecule has 2 heterocycles. The lowest BCUT2D eigenvalue weighted by atomic mass is 10.1. The minimum absolute atomic E-state index is 0.0105. The van der Waals surface area contributed by atoms with Gasteiger partial charge in [0, 0.05) is 50.0 Å². The average molecular weight is 599 g/mol. The quantitative estimate of drug-likeness (QED) is 0.235. The van der Waals surface area contributed by atoms with E-state index in [1.54, 1.807) is 42.6 Å². The number of aromatic nitrogens is 4. The Labute approximate surface area is 251 Å². The summed E-state index contributed by atoms with van der Waals surface area (Å²) in [5, 5.41) is 6.12. The maximum absolute atomic E-state index is 13.0. The molecule has 0 aliphatic heterocycles. The van der Waals surface area contributed by atoms with Gasteiger partial charge in [-0.25, -0.2) is 18.4 Å². The number of anilines is 5. The molecule has 43 heavy (non-hydrogen) atoms. The minimum atomic E-state index is -3.10. The number of benzene rings is 3. The maximum atomic E-state index is 13.0. The second-order valence-corrected chi connectivity index (χ2v) is 12.9. The van der Waals surface area contributed by atoms with Crippen molar-refractivity contribution in [3.05, 3.63) is 95.7 Å². The topological polar surface area (TPSA) is 125 Å². The summed E-state index contributed by atoms with van der Waals surface area (Å²) < 4.78 is 25.0. The number of nitrogens with zero attached hydrogens (tertiary/aromatic N) is 6. The van der Waals surface area contributed by atoms with Crippen LogP contribution in [0.15, 0.2) is 79.0 Å². The number of hydrogen-bond donors (Lipinski definition) is 2. The highest BCUT2D eigenvalue weighted by Gasteiger charge is 2.15. The number of fused-ring (bicyclic) bond motifs is 1. The van der Waals surface area contributed by atoms with Crippen LogP contribution in [-0.2, 0) is 29.2 Å². The highest BCUT2D eigenvalue weighted by molar-refractivity contribution is 7.89. The molecule has 0 atom stereocenters. The number of aryl methyl sites for hydroxylation is 1. The summed E-state index contributed by atoms with van der Waals surface area (Å²) in [5.41, 5.74) is 5.54. The fourth-order valence-corrected chi connectivity index (χ4v) is 5.50. The lowest BCUT2D eigenvalue weighted by molar-refractivity contribution is 0.102. The van der Waals surface area contributed by atoms with E-state index in [1.165, 1.54) is 6.26 Å². The zero-order valence-electron chi connectivity index (χ0n) is 24.7. The monoisotopic (exact) mass is 598 g/mol. The predicted molar refractivity (Wildman–Crippen MR) is 171 cm³/mol. The third-order valence-corrected chi connectivity index (χ3v) is 7.65. The number of carbonyl (C=O) groups is 1. The number of hydrogen-bond acceptors (Lipinski definition) is 9. The van der Waals surface area contributed by atoms with Crippen molar-refractivity contribution in [2.75, 3.05) is 42.9 Å². The summed E-state index contributed by atoms with van der Waals surface area (Å²) in [6.45, 7) is 0.744. The normalized spacial score (nSPS) is 11.6. The Kier molecular flexibility index (Phi) is 8.42. The first-order valence-corrected chi connectivity index (χ1v) is 15.6. The number of amides is 1. The van der Waals surface area contributed by atoms with E-state index < -0.39 is 9.84 Å². The largest absolute Gasteiger partial charge is 0.329 e. The van der Waals surface area contributed by atoms with E-state index in [-0.39, 0.29) is 11.7 Å². The van der Waals surface area contributed by atoms with Crippen molar-refractivity contribution < 1.29 is 13.2 Å². The first-order valence-electron chi connectivity index (χ1n) is 13.6. The van der Waals surface area contributed by atoms with Gasteiger partial charge in [0.1, 0.15) is 5.82 Å². The molecule has 3 aromatic carbocycles. The van der Waals surface area contributed by atoms with Crippen molar-refractivity contribution in [3.8, 4) is 0 Å². The van der Waals surface area contributed by atoms with Crippen LogP contribution < -0.4 is 15.5 Å². The summed E-state index contributed by atoms with van der Waals surface area (Å²) >= 11 is 0. The van der Waals surface area contributed by atoms with Gasteiger partial charge < -0.3 is 19.7 Å². The molecule has 12 heteroatoms. The molecule has 0 fully saturated rings. The molecule has 0 unspecified atom stereocenters. The molecular weight excluding hydrogens is 564 g/mol. The van der Waals surface area contributed by atoms with Gasteiger partial charge >= 0.3 is 0 Å². The van der Waals surface area contributed by atoms with Crippen molar-refractivity contribution in [1.82, 2.24) is 24.4 Å². The molecule has 0 bridgehead atoms. The van der Waals surface area contributed by atoms with Gasteiger partial charge in [-0.15, -0.1) is 0 Å². The van der Waals surface area contributed by atoms with E-state index in [2.05, 4.69) is 25.5 Å². The number of nitrogens with one attached hydrogen (secondary N) is 2. The summed E-state index contributed by atoms with van der Waals surface area (Å²) in [5.74, 6) is 1.28. The standard InChI is InChI=1S/C31H34N8O3S/c1-37(2)19-22-7-6-8-23(17-22)29(40)36-31-34-26-18-25(13-14-27(26)39(31)4)38(3)28-15-16-32-30(35-28)33-24-11-9-21(10-12-24)20-43(5,41)42/h6-18H,19-20H2,1-5H3,(H,32,33,35)(H,34,36,40). The number of imidazole rings is 1. The maximum Gasteiger partial charge on any atom is 0.257 e. The fourth-order valence-electron chi connectivity index (χ4n) is 4.70. The Hall–Kier alpha value is -4.81. The van der Waals surface area contributed by atoms with Crippen LogP contribution in [0.4, 0.5) is 29.1 Å². The highest BCUT2D eigenvalue weighted by Crippen LogP contribution is 2.28. The summed E-state index contributed by atoms with van der Waals surface area (Å²) in [6, 6.07) is 22.4. The second-order valence-electron chi connectivity index (χ2n) is 10.7. The van der Waals surface area contributed by atoms with Gasteiger partial charge in [-0.3, -0.25) is 10.1 Å². The van der Waals surface area contributed by atoms with Gasteiger partial charge in [0.25, 0.3) is 5.91 Å². The summed E-state index contributed by atoms with van der Waals surface area (Å²) in [7, 11) is 4.65. The first-order chi connectivity index (χ1) is 20.4. The SMILES string of the molecule is CN(C)Cc1cccc(C(=O)Nc2nc3cc(N(C)c4ccnc(Nc5ccc(CS(C)(=O)=O)cc5)n4)ccc3n2C)c1. The molecule has 1 amide bonds. The third-order valence-electron chi connectivity index (χ3n) is 6.79. The van der Waals surface area contributed by atoms with Crippen molar-refractivity contribution >= 4 is 55.9 Å². The molecule has 0 radical (unpaired) electrons. The van der Waals surface area contributed by atoms with E-state index in [1.807, 2.05) is 74.1 Å². The van der Waals surface area contributed by atoms with Gasteiger partial charge in [0.05, 0.1) is 16.8 Å². The zero-order valence-corrected chi connectivity index (χ0v) is 25.6. The van der Waals surface area contributed by atoms with E-state index in [9.17, 15) is 13.2 Å². The summed E-state index contributed by atoms with van der Waals surface area (Å²) in [4.78, 5) is 30.7. The van der Waals surface area contributed by atoms with E-state index in [0.29, 0.717) is 28.8 Å². The Morgan fingerprint density at radius 2 is 1.70 bits per heavy atom. The molecular formula is C31H34N8O3S. The molecule has 2 aromatic heterocycles. The fraction of sp³-hybridized carbons (Fsp3) is 0.226. The van der Waals surface area contributed by atoms with Crippen molar-refractivity contribution in [2.24, 2.45) is 7.05 Å². The Morgan fingerprint density at radius 3 is 2.42 bits per heavy atom. The lowest BCUT2D eigenvalue weighted by Gasteiger charge is -2.19. The first kappa shape index (κ1) is 29.7. The summed E-state index contributed by atoms with van der Waals surface area (Å²) in [6.07, 6.45) is 2.88. The average Bonchev–Trinajstić information content (AvgIpc) is 3.26. The van der Waals surface area contributed by atoms with Crippen molar-refractivity contribution in [1.29, 1.82) is 0 Å². The van der Waals surface area contributed by atoms with Gasteiger partial charge in [0.2, 0.25) is 11.9 Å². The molecule has 0 saturated heterocycles. The molecule has 0 aliphatic rings. The van der Waals surface area contributed by atoms with Gasteiger partial charge in [-0.2, -0.15) is 4.98 Å². The Balaban J connectivity index is 1.31. The van der Waals surface area contributed by atoms with Gasteiger partial charge in [-0.05, 0) is 73.8 Å². The van der Waals surface area contributed by atoms with Crippen molar-refractivity contribution in [3.63, 3.8) is 0 Å². The van der Waals surface area contributed by atoms with Crippen LogP contribution in [0.1, 0.15) is 21.5 Å². The number of carbonyl (C=O) groups excluding carboxylic acids is 1. The molecule has 5 aromatic rings. The van der Waals surface area contributed by atoms with Crippen LogP contribution in [0.5, 0.6) is 0 Å². The Bertz CT molecular complexity index is 1890. The Morgan fingerprint density at radius 1 is 0.930 bits per heavy atom. The van der Waals surface area contributed by atoms with Crippen LogP contribution in [0.3, 0.4) is 0 Å². The van der Waals surface area contributed by atoms with Crippen LogP contribution in [-0.4, -0.2) is 66.1 Å². The molecule has 0 aliphatic carbocycles. The van der Waals surface area contributed by atoms with Gasteiger partial charge in [-0.1, -0.05) is 24.3 Å². The lowest BCUT2D eigenvalue weighted by Crippen LogP contribution is -2.16. The predicted octanol–water partition coefficient (Wildman–Crippen LogP) is 4.73. The molecule has 5 rings (SSSR count). The second kappa shape index (κ2) is 12.2. The van der Waals surface area contributed by atoms with Crippen LogP contribution in [0.25, 0.3) is 11.0 Å². The zero-order chi connectivity index (χ0) is 30.7. The molecule has 11 nitrogen and oxygen atoms in total. The minimum Gasteiger partial charge on any atom is -0.329 e. The van der Waals surface area contributed by atoms with Crippen LogP contribution in [0.2, 0.25) is 0 Å². The number of rotatable bonds is 10. The highest BCUT2D eigenvalue weighted by atomic mass is 32.2. The van der Waals surface area contributed by atoms with Crippen molar-refractivity contribution in [2.45, 2.75) is 12.3 Å². The van der Waals surface area contributed by atoms with E-state index in [4.69, 9.17) is 4.98 Å². The van der Waals surface area contributed by atoms with E-state index >= 15 is 0 Å². The smallest absolute Gasteiger partial charge is 0.257 e. The molecule has 2 N–H and O–H groups in total. The van der Waals surface area contributed by atoms with Crippen LogP contribution in [0, 0.1) is 0 Å². The number of sulfone groups is 1. The van der Waals surface area contributed by atoms with E-state index in [0.717, 1.165) is 34.5 Å². The van der Waals surface area contributed by atoms with Gasteiger partial charge in [0.15, 0.2) is 9.84 Å².